The molecule has 132 valence electrons. The summed E-state index contributed by atoms with van der Waals surface area (Å²) in [7, 11) is 0. The van der Waals surface area contributed by atoms with Crippen molar-refractivity contribution in [3.8, 4) is 5.69 Å². The van der Waals surface area contributed by atoms with Crippen molar-refractivity contribution in [1.82, 2.24) is 15.1 Å². The van der Waals surface area contributed by atoms with Gasteiger partial charge in [0.25, 0.3) is 5.91 Å². The van der Waals surface area contributed by atoms with E-state index < -0.39 is 0 Å². The molecule has 1 fully saturated rings. The van der Waals surface area contributed by atoms with Crippen molar-refractivity contribution in [3.63, 3.8) is 0 Å². The molecular weight excluding hydrogens is 312 g/mol. The van der Waals surface area contributed by atoms with Crippen molar-refractivity contribution in [1.29, 1.82) is 0 Å². The number of aromatic nitrogens is 2. The summed E-state index contributed by atoms with van der Waals surface area (Å²) in [6, 6.07) is 8.84. The van der Waals surface area contributed by atoms with Crippen LogP contribution in [0.4, 0.5) is 0 Å². The molecule has 1 aromatic heterocycles. The van der Waals surface area contributed by atoms with Gasteiger partial charge in [0.1, 0.15) is 0 Å². The molecule has 2 aliphatic carbocycles. The molecule has 1 amide bonds. The molecule has 0 radical (unpaired) electrons. The lowest BCUT2D eigenvalue weighted by molar-refractivity contribution is 0.0919. The minimum absolute atomic E-state index is 0.0236. The molecule has 2 aliphatic rings. The van der Waals surface area contributed by atoms with E-state index in [1.165, 1.54) is 11.3 Å². The number of hydrogen-bond donors (Lipinski definition) is 2. The van der Waals surface area contributed by atoms with E-state index in [2.05, 4.69) is 36.5 Å². The molecule has 1 saturated carbocycles. The number of rotatable bonds is 3. The number of nitrogens with zero attached hydrogens (tertiary/aromatic N) is 2. The molecule has 4 rings (SSSR count). The van der Waals surface area contributed by atoms with Crippen LogP contribution in [-0.2, 0) is 12.8 Å². The second kappa shape index (κ2) is 6.64. The van der Waals surface area contributed by atoms with Crippen LogP contribution in [0, 0.1) is 6.92 Å². The van der Waals surface area contributed by atoms with Gasteiger partial charge in [-0.15, -0.1) is 0 Å². The van der Waals surface area contributed by atoms with Crippen LogP contribution in [0.3, 0.4) is 0 Å². The van der Waals surface area contributed by atoms with E-state index in [0.29, 0.717) is 5.69 Å². The SMILES string of the molecule is Cc1ccc(-n2nc(C(=O)NC3CCC(N)CC3)c3c2CCC3)cc1. The van der Waals surface area contributed by atoms with Gasteiger partial charge in [-0.25, -0.2) is 4.68 Å². The van der Waals surface area contributed by atoms with Gasteiger partial charge in [-0.05, 0) is 64.0 Å². The first-order chi connectivity index (χ1) is 12.1. The third-order valence-corrected chi connectivity index (χ3v) is 5.53. The minimum Gasteiger partial charge on any atom is -0.348 e. The number of carbonyl (C=O) groups is 1. The van der Waals surface area contributed by atoms with Crippen molar-refractivity contribution in [3.05, 3.63) is 46.8 Å². The predicted molar refractivity (Wildman–Crippen MR) is 98.0 cm³/mol. The lowest BCUT2D eigenvalue weighted by Gasteiger charge is -2.26. The predicted octanol–water partition coefficient (Wildman–Crippen LogP) is 2.67. The highest BCUT2D eigenvalue weighted by atomic mass is 16.2. The van der Waals surface area contributed by atoms with E-state index in [9.17, 15) is 4.79 Å². The Hall–Kier alpha value is -2.14. The van der Waals surface area contributed by atoms with Crippen molar-refractivity contribution in [2.75, 3.05) is 0 Å². The molecule has 25 heavy (non-hydrogen) atoms. The second-order valence-corrected chi connectivity index (χ2v) is 7.46. The Labute approximate surface area is 148 Å². The smallest absolute Gasteiger partial charge is 0.272 e. The van der Waals surface area contributed by atoms with Crippen LogP contribution in [0.25, 0.3) is 5.69 Å². The van der Waals surface area contributed by atoms with Gasteiger partial charge in [0.2, 0.25) is 0 Å². The van der Waals surface area contributed by atoms with E-state index in [-0.39, 0.29) is 18.0 Å². The topological polar surface area (TPSA) is 72.9 Å². The number of benzene rings is 1. The van der Waals surface area contributed by atoms with Crippen LogP contribution in [0.2, 0.25) is 0 Å². The summed E-state index contributed by atoms with van der Waals surface area (Å²) in [5, 5.41) is 7.88. The Kier molecular flexibility index (Phi) is 4.34. The number of nitrogens with one attached hydrogen (secondary N) is 1. The average molecular weight is 338 g/mol. The maximum atomic E-state index is 12.8. The van der Waals surface area contributed by atoms with Crippen LogP contribution >= 0.6 is 0 Å². The Morgan fingerprint density at radius 1 is 1.16 bits per heavy atom. The third-order valence-electron chi connectivity index (χ3n) is 5.53. The van der Waals surface area contributed by atoms with E-state index >= 15 is 0 Å². The number of carbonyl (C=O) groups excluding carboxylic acids is 1. The van der Waals surface area contributed by atoms with Gasteiger partial charge in [0.05, 0.1) is 5.69 Å². The van der Waals surface area contributed by atoms with Gasteiger partial charge >= 0.3 is 0 Å². The Balaban J connectivity index is 1.59. The minimum atomic E-state index is -0.0236. The Morgan fingerprint density at radius 2 is 1.88 bits per heavy atom. The lowest BCUT2D eigenvalue weighted by Crippen LogP contribution is -2.40. The van der Waals surface area contributed by atoms with E-state index in [1.54, 1.807) is 0 Å². The molecule has 3 N–H and O–H groups in total. The monoisotopic (exact) mass is 338 g/mol. The lowest BCUT2D eigenvalue weighted by atomic mass is 9.92. The molecule has 0 aliphatic heterocycles. The average Bonchev–Trinajstić information content (AvgIpc) is 3.20. The van der Waals surface area contributed by atoms with Crippen LogP contribution in [0.1, 0.15) is 59.4 Å². The van der Waals surface area contributed by atoms with Crippen LogP contribution in [0.15, 0.2) is 24.3 Å². The molecular formula is C20H26N4O. The number of amides is 1. The van der Waals surface area contributed by atoms with E-state index in [4.69, 9.17) is 10.8 Å². The highest BCUT2D eigenvalue weighted by Crippen LogP contribution is 2.28. The summed E-state index contributed by atoms with van der Waals surface area (Å²) in [6.45, 7) is 2.08. The molecule has 5 heteroatoms. The van der Waals surface area contributed by atoms with E-state index in [1.807, 2.05) is 4.68 Å². The fourth-order valence-corrected chi connectivity index (χ4v) is 4.04. The van der Waals surface area contributed by atoms with Crippen LogP contribution in [0.5, 0.6) is 0 Å². The summed E-state index contributed by atoms with van der Waals surface area (Å²) >= 11 is 0. The molecule has 0 spiro atoms. The van der Waals surface area contributed by atoms with E-state index in [0.717, 1.165) is 56.2 Å². The van der Waals surface area contributed by atoms with Gasteiger partial charge in [-0.2, -0.15) is 5.10 Å². The molecule has 1 aromatic carbocycles. The van der Waals surface area contributed by atoms with Gasteiger partial charge in [0.15, 0.2) is 5.69 Å². The van der Waals surface area contributed by atoms with Crippen molar-refractivity contribution in [2.45, 2.75) is 64.0 Å². The van der Waals surface area contributed by atoms with Gasteiger partial charge in [-0.3, -0.25) is 4.79 Å². The normalized spacial score (nSPS) is 22.6. The van der Waals surface area contributed by atoms with Gasteiger partial charge in [0, 0.05) is 23.3 Å². The van der Waals surface area contributed by atoms with Crippen LogP contribution in [-0.4, -0.2) is 27.8 Å². The largest absolute Gasteiger partial charge is 0.348 e. The standard InChI is InChI=1S/C20H26N4O/c1-13-5-11-16(12-6-13)24-18-4-2-3-17(18)19(23-24)20(25)22-15-9-7-14(21)8-10-15/h5-6,11-12,14-15H,2-4,7-10,21H2,1H3,(H,22,25). The molecule has 1 heterocycles. The number of hydrogen-bond acceptors (Lipinski definition) is 3. The van der Waals surface area contributed by atoms with Crippen molar-refractivity contribution in [2.24, 2.45) is 5.73 Å². The zero-order chi connectivity index (χ0) is 17.4. The fourth-order valence-electron chi connectivity index (χ4n) is 4.04. The molecule has 0 bridgehead atoms. The molecule has 0 saturated heterocycles. The molecule has 5 nitrogen and oxygen atoms in total. The summed E-state index contributed by atoms with van der Waals surface area (Å²) in [5.74, 6) is -0.0236. The summed E-state index contributed by atoms with van der Waals surface area (Å²) in [5.41, 5.74) is 11.2. The number of aryl methyl sites for hydroxylation is 1. The number of fused-ring (bicyclic) bond motifs is 1. The molecule has 0 unspecified atom stereocenters. The first-order valence-electron chi connectivity index (χ1n) is 9.36. The summed E-state index contributed by atoms with van der Waals surface area (Å²) < 4.78 is 1.97. The summed E-state index contributed by atoms with van der Waals surface area (Å²) in [6.07, 6.45) is 6.93. The van der Waals surface area contributed by atoms with Crippen molar-refractivity contribution < 1.29 is 4.79 Å². The zero-order valence-electron chi connectivity index (χ0n) is 14.8. The second-order valence-electron chi connectivity index (χ2n) is 7.46. The molecule has 0 atom stereocenters. The third kappa shape index (κ3) is 3.21. The quantitative estimate of drug-likeness (QED) is 0.904. The zero-order valence-corrected chi connectivity index (χ0v) is 14.8. The highest BCUT2D eigenvalue weighted by Gasteiger charge is 2.28. The van der Waals surface area contributed by atoms with Gasteiger partial charge in [-0.1, -0.05) is 17.7 Å². The first kappa shape index (κ1) is 16.3. The summed E-state index contributed by atoms with van der Waals surface area (Å²) in [4.78, 5) is 12.8. The van der Waals surface area contributed by atoms with Gasteiger partial charge < -0.3 is 11.1 Å². The Morgan fingerprint density at radius 3 is 2.60 bits per heavy atom. The highest BCUT2D eigenvalue weighted by molar-refractivity contribution is 5.94. The molecule has 2 aromatic rings. The maximum absolute atomic E-state index is 12.8. The Bertz CT molecular complexity index is 770. The number of nitrogens with two attached hydrogens (primary N) is 1. The van der Waals surface area contributed by atoms with Crippen LogP contribution < -0.4 is 11.1 Å². The van der Waals surface area contributed by atoms with Crippen molar-refractivity contribution >= 4 is 5.91 Å². The fraction of sp³-hybridized carbons (Fsp3) is 0.500. The maximum Gasteiger partial charge on any atom is 0.272 e. The first-order valence-corrected chi connectivity index (χ1v) is 9.36.